The molecular formula is C13H19F2NO. The predicted octanol–water partition coefficient (Wildman–Crippen LogP) is 3.11. The maximum Gasteiger partial charge on any atom is 0.200 e. The highest BCUT2D eigenvalue weighted by atomic mass is 19.2. The van der Waals surface area contributed by atoms with E-state index in [4.69, 9.17) is 10.5 Å². The van der Waals surface area contributed by atoms with E-state index >= 15 is 0 Å². The second-order valence-electron chi connectivity index (χ2n) is 5.32. The molecule has 2 nitrogen and oxygen atoms in total. The number of hydrogen-bond acceptors (Lipinski definition) is 2. The highest BCUT2D eigenvalue weighted by Gasteiger charge is 2.30. The second kappa shape index (κ2) is 5.00. The van der Waals surface area contributed by atoms with Crippen molar-refractivity contribution in [3.8, 4) is 5.75 Å². The molecule has 0 saturated heterocycles. The van der Waals surface area contributed by atoms with Gasteiger partial charge in [0.05, 0.1) is 0 Å². The largest absolute Gasteiger partial charge is 0.485 e. The summed E-state index contributed by atoms with van der Waals surface area (Å²) >= 11 is 0. The van der Waals surface area contributed by atoms with Crippen LogP contribution in [-0.2, 0) is 0 Å². The van der Waals surface area contributed by atoms with Crippen molar-refractivity contribution in [3.63, 3.8) is 0 Å². The van der Waals surface area contributed by atoms with Crippen molar-refractivity contribution in [2.24, 2.45) is 11.1 Å². The lowest BCUT2D eigenvalue weighted by Crippen LogP contribution is -2.45. The minimum atomic E-state index is -0.970. The van der Waals surface area contributed by atoms with Gasteiger partial charge in [0.15, 0.2) is 11.6 Å². The van der Waals surface area contributed by atoms with Gasteiger partial charge in [-0.15, -0.1) is 0 Å². The van der Waals surface area contributed by atoms with Gasteiger partial charge in [0.1, 0.15) is 6.10 Å². The van der Waals surface area contributed by atoms with Gasteiger partial charge in [-0.3, -0.25) is 0 Å². The Morgan fingerprint density at radius 2 is 1.82 bits per heavy atom. The molecule has 1 aromatic carbocycles. The molecule has 96 valence electrons. The fourth-order valence-electron chi connectivity index (χ4n) is 1.78. The Kier molecular flexibility index (Phi) is 4.09. The Bertz CT molecular complexity index is 385. The summed E-state index contributed by atoms with van der Waals surface area (Å²) in [4.78, 5) is 0. The van der Waals surface area contributed by atoms with Crippen molar-refractivity contribution in [3.05, 3.63) is 29.8 Å². The number of halogens is 2. The number of nitrogens with two attached hydrogens (primary N) is 1. The summed E-state index contributed by atoms with van der Waals surface area (Å²) in [6, 6.07) is 3.59. The molecule has 0 saturated carbocycles. The number of benzene rings is 1. The first kappa shape index (κ1) is 13.9. The zero-order valence-electron chi connectivity index (χ0n) is 10.6. The summed E-state index contributed by atoms with van der Waals surface area (Å²) in [6.07, 6.45) is -0.390. The predicted molar refractivity (Wildman–Crippen MR) is 63.9 cm³/mol. The molecule has 0 spiro atoms. The third kappa shape index (κ3) is 3.40. The second-order valence-corrected chi connectivity index (χ2v) is 5.32. The highest BCUT2D eigenvalue weighted by molar-refractivity contribution is 5.25. The first-order valence-corrected chi connectivity index (χ1v) is 5.59. The third-order valence-electron chi connectivity index (χ3n) is 2.50. The van der Waals surface area contributed by atoms with Crippen molar-refractivity contribution in [1.29, 1.82) is 0 Å². The summed E-state index contributed by atoms with van der Waals surface area (Å²) in [5.74, 6) is -1.98. The number of hydrogen-bond donors (Lipinski definition) is 1. The first-order chi connectivity index (χ1) is 7.73. The van der Waals surface area contributed by atoms with Crippen molar-refractivity contribution in [2.75, 3.05) is 0 Å². The van der Waals surface area contributed by atoms with Gasteiger partial charge in [0, 0.05) is 11.5 Å². The molecule has 2 atom stereocenters. The number of ether oxygens (including phenoxy) is 1. The zero-order chi connectivity index (χ0) is 13.2. The molecule has 0 aliphatic heterocycles. The molecule has 1 rings (SSSR count). The normalized spacial score (nSPS) is 15.5. The van der Waals surface area contributed by atoms with Crippen molar-refractivity contribution in [2.45, 2.75) is 39.8 Å². The molecule has 0 aliphatic carbocycles. The molecule has 2 N–H and O–H groups in total. The van der Waals surface area contributed by atoms with E-state index in [2.05, 4.69) is 0 Å². The molecule has 4 heteroatoms. The van der Waals surface area contributed by atoms with E-state index in [0.717, 1.165) is 6.07 Å². The molecule has 0 fully saturated rings. The fourth-order valence-corrected chi connectivity index (χ4v) is 1.78. The van der Waals surface area contributed by atoms with Crippen LogP contribution in [0.25, 0.3) is 0 Å². The van der Waals surface area contributed by atoms with Gasteiger partial charge in [0.25, 0.3) is 0 Å². The van der Waals surface area contributed by atoms with Crippen molar-refractivity contribution >= 4 is 0 Å². The van der Waals surface area contributed by atoms with Crippen molar-refractivity contribution in [1.82, 2.24) is 0 Å². The van der Waals surface area contributed by atoms with Crippen LogP contribution in [0.5, 0.6) is 5.75 Å². The lowest BCUT2D eigenvalue weighted by atomic mass is 9.85. The minimum absolute atomic E-state index is 0.0952. The molecule has 0 heterocycles. The van der Waals surface area contributed by atoms with Crippen LogP contribution in [0.15, 0.2) is 18.2 Å². The molecular weight excluding hydrogens is 224 g/mol. The van der Waals surface area contributed by atoms with Gasteiger partial charge in [-0.25, -0.2) is 4.39 Å². The maximum absolute atomic E-state index is 13.5. The first-order valence-electron chi connectivity index (χ1n) is 5.59. The van der Waals surface area contributed by atoms with Gasteiger partial charge >= 0.3 is 0 Å². The average Bonchev–Trinajstić information content (AvgIpc) is 2.17. The Labute approximate surface area is 101 Å². The lowest BCUT2D eigenvalue weighted by molar-refractivity contribution is 0.0640. The molecule has 0 aliphatic rings. The minimum Gasteiger partial charge on any atom is -0.485 e. The molecule has 0 aromatic heterocycles. The third-order valence-corrected chi connectivity index (χ3v) is 2.50. The Hall–Kier alpha value is -1.16. The maximum atomic E-state index is 13.5. The quantitative estimate of drug-likeness (QED) is 0.885. The topological polar surface area (TPSA) is 35.2 Å². The SMILES string of the molecule is CC(N)C(Oc1cccc(F)c1F)C(C)(C)C. The Balaban J connectivity index is 2.99. The van der Waals surface area contributed by atoms with Crippen LogP contribution in [0.2, 0.25) is 0 Å². The number of rotatable bonds is 3. The molecule has 17 heavy (non-hydrogen) atoms. The van der Waals surface area contributed by atoms with Crippen molar-refractivity contribution < 1.29 is 13.5 Å². The van der Waals surface area contributed by atoms with Crippen LogP contribution in [0.3, 0.4) is 0 Å². The van der Waals surface area contributed by atoms with Gasteiger partial charge < -0.3 is 10.5 Å². The summed E-state index contributed by atoms with van der Waals surface area (Å²) in [5.41, 5.74) is 5.56. The van der Waals surface area contributed by atoms with E-state index in [0.29, 0.717) is 0 Å². The van der Waals surface area contributed by atoms with Gasteiger partial charge in [-0.05, 0) is 19.1 Å². The molecule has 0 bridgehead atoms. The van der Waals surface area contributed by atoms with E-state index in [1.807, 2.05) is 20.8 Å². The standard InChI is InChI=1S/C13H19F2NO/c1-8(16)12(13(2,3)4)17-10-7-5-6-9(14)11(10)15/h5-8,12H,16H2,1-4H3. The highest BCUT2D eigenvalue weighted by Crippen LogP contribution is 2.28. The summed E-state index contributed by atoms with van der Waals surface area (Å²) in [7, 11) is 0. The fraction of sp³-hybridized carbons (Fsp3) is 0.538. The molecule has 2 unspecified atom stereocenters. The van der Waals surface area contributed by atoms with Crippen LogP contribution < -0.4 is 10.5 Å². The van der Waals surface area contributed by atoms with Crippen LogP contribution in [0.1, 0.15) is 27.7 Å². The Morgan fingerprint density at radius 3 is 2.29 bits per heavy atom. The van der Waals surface area contributed by atoms with E-state index in [-0.39, 0.29) is 17.2 Å². The summed E-state index contributed by atoms with van der Waals surface area (Å²) in [5, 5.41) is 0. The average molecular weight is 243 g/mol. The summed E-state index contributed by atoms with van der Waals surface area (Å²) < 4.78 is 32.0. The van der Waals surface area contributed by atoms with E-state index < -0.39 is 17.7 Å². The van der Waals surface area contributed by atoms with Crippen LogP contribution in [0.4, 0.5) is 8.78 Å². The zero-order valence-corrected chi connectivity index (χ0v) is 10.6. The van der Waals surface area contributed by atoms with Gasteiger partial charge in [0.2, 0.25) is 5.82 Å². The van der Waals surface area contributed by atoms with E-state index in [1.54, 1.807) is 6.92 Å². The molecule has 0 amide bonds. The Morgan fingerprint density at radius 1 is 1.24 bits per heavy atom. The van der Waals surface area contributed by atoms with Crippen LogP contribution >= 0.6 is 0 Å². The molecule has 1 aromatic rings. The van der Waals surface area contributed by atoms with E-state index in [9.17, 15) is 8.78 Å². The summed E-state index contributed by atoms with van der Waals surface area (Å²) in [6.45, 7) is 7.61. The smallest absolute Gasteiger partial charge is 0.200 e. The monoisotopic (exact) mass is 243 g/mol. The molecule has 0 radical (unpaired) electrons. The van der Waals surface area contributed by atoms with Gasteiger partial charge in [-0.1, -0.05) is 26.8 Å². The van der Waals surface area contributed by atoms with Crippen LogP contribution in [0, 0.1) is 17.0 Å². The van der Waals surface area contributed by atoms with Gasteiger partial charge in [-0.2, -0.15) is 4.39 Å². The lowest BCUT2D eigenvalue weighted by Gasteiger charge is -2.34. The van der Waals surface area contributed by atoms with Crippen LogP contribution in [-0.4, -0.2) is 12.1 Å². The van der Waals surface area contributed by atoms with E-state index in [1.165, 1.54) is 12.1 Å².